The Labute approximate surface area is 332 Å². The summed E-state index contributed by atoms with van der Waals surface area (Å²) < 4.78 is 17.2. The molecule has 0 aromatic heterocycles. The lowest BCUT2D eigenvalue weighted by Gasteiger charge is -2.31. The Kier molecular flexibility index (Phi) is 36.2. The molecule has 2 unspecified atom stereocenters. The van der Waals surface area contributed by atoms with Gasteiger partial charge in [-0.05, 0) is 44.9 Å². The normalized spacial score (nSPS) is 13.1. The maximum absolute atomic E-state index is 12.7. The third kappa shape index (κ3) is 35.5. The molecule has 0 radical (unpaired) electrons. The molecule has 0 aliphatic carbocycles. The number of likely N-dealkylation sites (N-methyl/N-ethyl adjacent to an activating group) is 1. The van der Waals surface area contributed by atoms with E-state index in [0.717, 1.165) is 51.4 Å². The fourth-order valence-electron chi connectivity index (χ4n) is 6.59. The average molecular weight is 765 g/mol. The van der Waals surface area contributed by atoms with Crippen LogP contribution >= 0.6 is 0 Å². The van der Waals surface area contributed by atoms with Gasteiger partial charge < -0.3 is 23.8 Å². The number of unbranched alkanes of at least 4 members (excludes halogenated alkanes) is 22. The van der Waals surface area contributed by atoms with Gasteiger partial charge in [-0.15, -0.1) is 0 Å². The van der Waals surface area contributed by atoms with Crippen molar-refractivity contribution in [2.45, 2.75) is 212 Å². The molecule has 0 aliphatic rings. The number of aliphatic carboxylic acids is 1. The van der Waals surface area contributed by atoms with E-state index in [2.05, 4.69) is 38.2 Å². The SMILES string of the molecule is CCCCCCCCCCC/C=C/C/C=C/CCCCCCCCCC(=O)OC(COCCC(C(=O)O)[N+](C)(C)C)COC(=O)CCCCCCCCC. The van der Waals surface area contributed by atoms with Gasteiger partial charge in [-0.3, -0.25) is 9.59 Å². The fourth-order valence-corrected chi connectivity index (χ4v) is 6.59. The molecule has 1 N–H and O–H groups in total. The summed E-state index contributed by atoms with van der Waals surface area (Å²) in [4.78, 5) is 36.8. The Balaban J connectivity index is 4.17. The molecule has 8 heteroatoms. The molecule has 0 spiro atoms. The minimum absolute atomic E-state index is 0.0515. The molecular formula is C46H86NO7+. The smallest absolute Gasteiger partial charge is 0.362 e. The second-order valence-electron chi connectivity index (χ2n) is 16.3. The van der Waals surface area contributed by atoms with Crippen molar-refractivity contribution < 1.29 is 38.2 Å². The standard InChI is InChI=1S/C46H85NO7/c1-6-8-10-12-14-15-16-17-18-19-20-21-22-23-24-25-26-27-28-29-31-33-35-37-45(49)54-42(40-52-39-38-43(46(50)51)47(3,4)5)41-53-44(48)36-34-32-30-13-11-9-7-2/h20-21,23-24,42-43H,6-19,22,25-41H2,1-5H3/p+1/b21-20+,24-23+. The minimum Gasteiger partial charge on any atom is -0.477 e. The first-order chi connectivity index (χ1) is 26.1. The zero-order valence-electron chi connectivity index (χ0n) is 35.9. The van der Waals surface area contributed by atoms with Gasteiger partial charge in [0, 0.05) is 19.3 Å². The summed E-state index contributed by atoms with van der Waals surface area (Å²) in [5.74, 6) is -1.48. The van der Waals surface area contributed by atoms with Crippen LogP contribution in [-0.4, -0.2) is 80.6 Å². The first-order valence-electron chi connectivity index (χ1n) is 22.4. The molecule has 2 atom stereocenters. The number of allylic oxidation sites excluding steroid dienone is 4. The molecule has 54 heavy (non-hydrogen) atoms. The van der Waals surface area contributed by atoms with Crippen LogP contribution in [0.3, 0.4) is 0 Å². The lowest BCUT2D eigenvalue weighted by atomic mass is 10.1. The molecule has 0 fully saturated rings. The van der Waals surface area contributed by atoms with Gasteiger partial charge in [-0.25, -0.2) is 4.79 Å². The number of ether oxygens (including phenoxy) is 3. The number of hydrogen-bond donors (Lipinski definition) is 1. The predicted molar refractivity (Wildman–Crippen MR) is 225 cm³/mol. The van der Waals surface area contributed by atoms with Gasteiger partial charge >= 0.3 is 17.9 Å². The second kappa shape index (κ2) is 37.7. The third-order valence-corrected chi connectivity index (χ3v) is 10.1. The lowest BCUT2D eigenvalue weighted by molar-refractivity contribution is -0.887. The van der Waals surface area contributed by atoms with Crippen LogP contribution in [0.2, 0.25) is 0 Å². The molecule has 0 aromatic rings. The van der Waals surface area contributed by atoms with Crippen molar-refractivity contribution in [1.82, 2.24) is 0 Å². The zero-order chi connectivity index (χ0) is 40.0. The molecule has 0 rings (SSSR count). The fraction of sp³-hybridized carbons (Fsp3) is 0.848. The van der Waals surface area contributed by atoms with E-state index in [1.165, 1.54) is 116 Å². The summed E-state index contributed by atoms with van der Waals surface area (Å²) in [6.07, 6.45) is 41.0. The molecule has 316 valence electrons. The van der Waals surface area contributed by atoms with Gasteiger partial charge in [0.2, 0.25) is 0 Å². The maximum atomic E-state index is 12.7. The van der Waals surface area contributed by atoms with Crippen molar-refractivity contribution in [1.29, 1.82) is 0 Å². The Morgan fingerprint density at radius 3 is 1.43 bits per heavy atom. The predicted octanol–water partition coefficient (Wildman–Crippen LogP) is 12.1. The quantitative estimate of drug-likeness (QED) is 0.0287. The largest absolute Gasteiger partial charge is 0.477 e. The van der Waals surface area contributed by atoms with E-state index in [4.69, 9.17) is 14.2 Å². The van der Waals surface area contributed by atoms with Gasteiger partial charge in [0.15, 0.2) is 12.1 Å². The Bertz CT molecular complexity index is 942. The molecule has 0 saturated carbocycles. The summed E-state index contributed by atoms with van der Waals surface area (Å²) in [5, 5.41) is 9.59. The highest BCUT2D eigenvalue weighted by molar-refractivity contribution is 5.72. The number of quaternary nitrogens is 1. The van der Waals surface area contributed by atoms with E-state index >= 15 is 0 Å². The van der Waals surface area contributed by atoms with Gasteiger partial charge in [0.25, 0.3) is 0 Å². The van der Waals surface area contributed by atoms with Gasteiger partial charge in [0.1, 0.15) is 6.61 Å². The van der Waals surface area contributed by atoms with Crippen molar-refractivity contribution in [2.24, 2.45) is 0 Å². The lowest BCUT2D eigenvalue weighted by Crippen LogP contribution is -2.50. The van der Waals surface area contributed by atoms with Crippen molar-refractivity contribution in [3.63, 3.8) is 0 Å². The average Bonchev–Trinajstić information content (AvgIpc) is 3.12. The number of carbonyl (C=O) groups is 3. The molecule has 0 saturated heterocycles. The highest BCUT2D eigenvalue weighted by atomic mass is 16.6. The molecule has 8 nitrogen and oxygen atoms in total. The zero-order valence-corrected chi connectivity index (χ0v) is 35.9. The van der Waals surface area contributed by atoms with Crippen LogP contribution in [0.15, 0.2) is 24.3 Å². The number of nitrogens with zero attached hydrogens (tertiary/aromatic N) is 1. The highest BCUT2D eigenvalue weighted by Gasteiger charge is 2.31. The summed E-state index contributed by atoms with van der Waals surface area (Å²) >= 11 is 0. The number of carboxylic acids is 1. The Morgan fingerprint density at radius 2 is 0.981 bits per heavy atom. The van der Waals surface area contributed by atoms with Crippen LogP contribution in [-0.2, 0) is 28.6 Å². The van der Waals surface area contributed by atoms with Gasteiger partial charge in [0.05, 0.1) is 34.4 Å². The monoisotopic (exact) mass is 765 g/mol. The highest BCUT2D eigenvalue weighted by Crippen LogP contribution is 2.14. The number of hydrogen-bond acceptors (Lipinski definition) is 6. The summed E-state index contributed by atoms with van der Waals surface area (Å²) in [5.41, 5.74) is 0. The van der Waals surface area contributed by atoms with Crippen LogP contribution in [0.5, 0.6) is 0 Å². The topological polar surface area (TPSA) is 99.1 Å². The van der Waals surface area contributed by atoms with Crippen molar-refractivity contribution in [3.8, 4) is 0 Å². The summed E-state index contributed by atoms with van der Waals surface area (Å²) in [6, 6.07) is -0.612. The number of carbonyl (C=O) groups excluding carboxylic acids is 2. The van der Waals surface area contributed by atoms with Crippen LogP contribution in [0.25, 0.3) is 0 Å². The van der Waals surface area contributed by atoms with Crippen LogP contribution in [0.1, 0.15) is 200 Å². The van der Waals surface area contributed by atoms with E-state index in [1.807, 2.05) is 21.1 Å². The van der Waals surface area contributed by atoms with E-state index in [1.54, 1.807) is 0 Å². The molecule has 0 aromatic carbocycles. The van der Waals surface area contributed by atoms with E-state index in [9.17, 15) is 19.5 Å². The second-order valence-corrected chi connectivity index (χ2v) is 16.3. The molecular weight excluding hydrogens is 679 g/mol. The van der Waals surface area contributed by atoms with E-state index in [-0.39, 0.29) is 36.2 Å². The minimum atomic E-state index is -0.876. The van der Waals surface area contributed by atoms with Crippen molar-refractivity contribution in [3.05, 3.63) is 24.3 Å². The first kappa shape index (κ1) is 51.8. The maximum Gasteiger partial charge on any atom is 0.362 e. The first-order valence-corrected chi connectivity index (χ1v) is 22.4. The summed E-state index contributed by atoms with van der Waals surface area (Å²) in [7, 11) is 5.52. The van der Waals surface area contributed by atoms with Crippen molar-refractivity contribution >= 4 is 17.9 Å². The third-order valence-electron chi connectivity index (χ3n) is 10.1. The van der Waals surface area contributed by atoms with E-state index < -0.39 is 18.1 Å². The summed E-state index contributed by atoms with van der Waals surface area (Å²) in [6.45, 7) is 4.69. The molecule has 0 amide bonds. The van der Waals surface area contributed by atoms with Gasteiger partial charge in [-0.2, -0.15) is 0 Å². The molecule has 0 heterocycles. The van der Waals surface area contributed by atoms with Crippen LogP contribution < -0.4 is 0 Å². The Hall–Kier alpha value is -2.19. The van der Waals surface area contributed by atoms with Gasteiger partial charge in [-0.1, -0.05) is 160 Å². The number of rotatable bonds is 40. The molecule has 0 bridgehead atoms. The van der Waals surface area contributed by atoms with Crippen LogP contribution in [0, 0.1) is 0 Å². The van der Waals surface area contributed by atoms with E-state index in [0.29, 0.717) is 19.3 Å². The van der Waals surface area contributed by atoms with Crippen LogP contribution in [0.4, 0.5) is 0 Å². The van der Waals surface area contributed by atoms with Crippen molar-refractivity contribution in [2.75, 3.05) is 41.0 Å². The Morgan fingerprint density at radius 1 is 0.556 bits per heavy atom. The number of esters is 2. The number of carboxylic acid groups (broad SMARTS) is 1. The molecule has 0 aliphatic heterocycles.